The van der Waals surface area contributed by atoms with Crippen LogP contribution in [0, 0.1) is 11.8 Å². The summed E-state index contributed by atoms with van der Waals surface area (Å²) in [5, 5.41) is 0. The Bertz CT molecular complexity index is 343. The Morgan fingerprint density at radius 3 is 3.00 bits per heavy atom. The van der Waals surface area contributed by atoms with Crippen molar-refractivity contribution in [2.45, 2.75) is 33.4 Å². The molecule has 0 aromatic carbocycles. The Hall–Kier alpha value is -1.27. The van der Waals surface area contributed by atoms with Crippen LogP contribution in [0.5, 0.6) is 0 Å². The Labute approximate surface area is 92.1 Å². The van der Waals surface area contributed by atoms with Crippen molar-refractivity contribution >= 4 is 0 Å². The molecule has 0 saturated carbocycles. The summed E-state index contributed by atoms with van der Waals surface area (Å²) < 4.78 is 2.18. The minimum absolute atomic E-state index is 0.806. The summed E-state index contributed by atoms with van der Waals surface area (Å²) in [5.74, 6) is 5.96. The van der Waals surface area contributed by atoms with Gasteiger partial charge in [0.05, 0.1) is 19.5 Å². The van der Waals surface area contributed by atoms with Crippen LogP contribution in [0.3, 0.4) is 0 Å². The van der Waals surface area contributed by atoms with E-state index in [-0.39, 0.29) is 0 Å². The largest absolute Gasteiger partial charge is 0.321 e. The number of aryl methyl sites for hydroxylation is 1. The average Bonchev–Trinajstić information content (AvgIpc) is 2.63. The van der Waals surface area contributed by atoms with Crippen molar-refractivity contribution in [3.05, 3.63) is 18.2 Å². The second kappa shape index (κ2) is 6.26. The molecule has 0 atom stereocenters. The fourth-order valence-corrected chi connectivity index (χ4v) is 1.46. The van der Waals surface area contributed by atoms with Crippen LogP contribution in [0.15, 0.2) is 12.5 Å². The highest BCUT2D eigenvalue weighted by Gasteiger charge is 2.02. The average molecular weight is 205 g/mol. The van der Waals surface area contributed by atoms with E-state index >= 15 is 0 Å². The molecule has 0 spiro atoms. The van der Waals surface area contributed by atoms with E-state index in [2.05, 4.69) is 40.3 Å². The molecule has 0 unspecified atom stereocenters. The van der Waals surface area contributed by atoms with Gasteiger partial charge in [-0.3, -0.25) is 4.90 Å². The summed E-state index contributed by atoms with van der Waals surface area (Å²) in [5.41, 5.74) is 1.30. The zero-order valence-corrected chi connectivity index (χ0v) is 9.82. The van der Waals surface area contributed by atoms with Gasteiger partial charge in [0, 0.05) is 11.9 Å². The summed E-state index contributed by atoms with van der Waals surface area (Å²) in [4.78, 5) is 6.35. The lowest BCUT2D eigenvalue weighted by atomic mass is 10.3. The predicted molar refractivity (Wildman–Crippen MR) is 62.3 cm³/mol. The minimum Gasteiger partial charge on any atom is -0.321 e. The quantitative estimate of drug-likeness (QED) is 0.683. The number of hydrogen-bond acceptors (Lipinski definition) is 2. The summed E-state index contributed by atoms with van der Waals surface area (Å²) in [6.45, 7) is 5.72. The molecule has 1 aromatic heterocycles. The molecule has 0 aliphatic rings. The van der Waals surface area contributed by atoms with Gasteiger partial charge in [0.1, 0.15) is 0 Å². The second-order valence-electron chi connectivity index (χ2n) is 3.69. The fourth-order valence-electron chi connectivity index (χ4n) is 1.46. The van der Waals surface area contributed by atoms with Crippen molar-refractivity contribution in [1.82, 2.24) is 14.5 Å². The van der Waals surface area contributed by atoms with Gasteiger partial charge in [0.25, 0.3) is 0 Å². The molecule has 0 fully saturated rings. The van der Waals surface area contributed by atoms with Gasteiger partial charge in [-0.2, -0.15) is 0 Å². The van der Waals surface area contributed by atoms with E-state index in [0.29, 0.717) is 0 Å². The summed E-state index contributed by atoms with van der Waals surface area (Å²) >= 11 is 0. The maximum atomic E-state index is 4.17. The van der Waals surface area contributed by atoms with Crippen LogP contribution in [0.4, 0.5) is 0 Å². The molecule has 3 nitrogen and oxygen atoms in total. The topological polar surface area (TPSA) is 21.1 Å². The molecule has 1 heterocycles. The third kappa shape index (κ3) is 3.77. The van der Waals surface area contributed by atoms with E-state index in [1.54, 1.807) is 0 Å². The van der Waals surface area contributed by atoms with Crippen LogP contribution in [-0.4, -0.2) is 28.0 Å². The lowest BCUT2D eigenvalue weighted by Gasteiger charge is -2.15. The van der Waals surface area contributed by atoms with E-state index in [1.165, 1.54) is 5.69 Å². The first-order valence-corrected chi connectivity index (χ1v) is 5.35. The van der Waals surface area contributed by atoms with Gasteiger partial charge in [0.2, 0.25) is 0 Å². The Morgan fingerprint density at radius 2 is 2.33 bits per heavy atom. The maximum Gasteiger partial charge on any atom is 0.0959 e. The number of imidazole rings is 1. The molecule has 0 aliphatic carbocycles. The van der Waals surface area contributed by atoms with E-state index in [4.69, 9.17) is 0 Å². The monoisotopic (exact) mass is 205 g/mol. The SMILES string of the molecule is CC#CCN(C)Cn1cncc1CCC. The predicted octanol–water partition coefficient (Wildman–Crippen LogP) is 1.75. The van der Waals surface area contributed by atoms with Crippen LogP contribution >= 0.6 is 0 Å². The van der Waals surface area contributed by atoms with Crippen LogP contribution in [0.1, 0.15) is 26.0 Å². The first-order valence-electron chi connectivity index (χ1n) is 5.35. The van der Waals surface area contributed by atoms with Gasteiger partial charge >= 0.3 is 0 Å². The van der Waals surface area contributed by atoms with Gasteiger partial charge in [0.15, 0.2) is 0 Å². The highest BCUT2D eigenvalue weighted by molar-refractivity contribution is 4.99. The van der Waals surface area contributed by atoms with Crippen LogP contribution < -0.4 is 0 Å². The van der Waals surface area contributed by atoms with Crippen molar-refractivity contribution in [2.24, 2.45) is 0 Å². The minimum atomic E-state index is 0.806. The molecule has 0 bridgehead atoms. The van der Waals surface area contributed by atoms with Crippen LogP contribution in [0.25, 0.3) is 0 Å². The molecule has 82 valence electrons. The maximum absolute atomic E-state index is 4.17. The van der Waals surface area contributed by atoms with Gasteiger partial charge in [-0.25, -0.2) is 4.98 Å². The van der Waals surface area contributed by atoms with Crippen molar-refractivity contribution in [3.8, 4) is 11.8 Å². The zero-order chi connectivity index (χ0) is 11.1. The fraction of sp³-hybridized carbons (Fsp3) is 0.583. The second-order valence-corrected chi connectivity index (χ2v) is 3.69. The lowest BCUT2D eigenvalue weighted by molar-refractivity contribution is 0.296. The normalized spacial score (nSPS) is 10.1. The van der Waals surface area contributed by atoms with Gasteiger partial charge < -0.3 is 4.57 Å². The molecule has 0 aliphatic heterocycles. The number of hydrogen-bond donors (Lipinski definition) is 0. The lowest BCUT2D eigenvalue weighted by Crippen LogP contribution is -2.23. The van der Waals surface area contributed by atoms with E-state index in [1.807, 2.05) is 19.4 Å². The molecule has 0 radical (unpaired) electrons. The molecular weight excluding hydrogens is 186 g/mol. The van der Waals surface area contributed by atoms with Crippen molar-refractivity contribution in [1.29, 1.82) is 0 Å². The van der Waals surface area contributed by atoms with Crippen molar-refractivity contribution < 1.29 is 0 Å². The summed E-state index contributed by atoms with van der Waals surface area (Å²) in [6.07, 6.45) is 6.08. The van der Waals surface area contributed by atoms with Crippen molar-refractivity contribution in [3.63, 3.8) is 0 Å². The first kappa shape index (κ1) is 11.8. The first-order chi connectivity index (χ1) is 7.27. The molecule has 1 rings (SSSR count). The van der Waals surface area contributed by atoms with E-state index in [9.17, 15) is 0 Å². The Kier molecular flexibility index (Phi) is 4.92. The van der Waals surface area contributed by atoms with Crippen LogP contribution in [0.2, 0.25) is 0 Å². The third-order valence-electron chi connectivity index (χ3n) is 2.22. The highest BCUT2D eigenvalue weighted by atomic mass is 15.2. The van der Waals surface area contributed by atoms with E-state index < -0.39 is 0 Å². The molecule has 1 aromatic rings. The van der Waals surface area contributed by atoms with Crippen molar-refractivity contribution in [2.75, 3.05) is 13.6 Å². The molecule has 0 saturated heterocycles. The Morgan fingerprint density at radius 1 is 1.53 bits per heavy atom. The highest BCUT2D eigenvalue weighted by Crippen LogP contribution is 2.03. The molecule has 3 heteroatoms. The number of rotatable bonds is 5. The van der Waals surface area contributed by atoms with Gasteiger partial charge in [-0.1, -0.05) is 19.3 Å². The molecule has 15 heavy (non-hydrogen) atoms. The van der Waals surface area contributed by atoms with E-state index in [0.717, 1.165) is 26.1 Å². The summed E-state index contributed by atoms with van der Waals surface area (Å²) in [6, 6.07) is 0. The summed E-state index contributed by atoms with van der Waals surface area (Å²) in [7, 11) is 2.07. The van der Waals surface area contributed by atoms with Crippen LogP contribution in [-0.2, 0) is 13.1 Å². The third-order valence-corrected chi connectivity index (χ3v) is 2.22. The Balaban J connectivity index is 2.54. The van der Waals surface area contributed by atoms with Gasteiger partial charge in [-0.05, 0) is 20.4 Å². The molecular formula is C12H19N3. The zero-order valence-electron chi connectivity index (χ0n) is 9.82. The number of aromatic nitrogens is 2. The van der Waals surface area contributed by atoms with Gasteiger partial charge in [-0.15, -0.1) is 5.92 Å². The number of nitrogens with zero attached hydrogens (tertiary/aromatic N) is 3. The smallest absolute Gasteiger partial charge is 0.0959 e. The molecule has 0 N–H and O–H groups in total. The standard InChI is InChI=1S/C12H19N3/c1-4-6-8-14(3)11-15-10-13-9-12(15)7-5-2/h9-10H,5,7-8,11H2,1-3H3. The molecule has 0 amide bonds.